The van der Waals surface area contributed by atoms with Gasteiger partial charge in [0.25, 0.3) is 0 Å². The van der Waals surface area contributed by atoms with E-state index in [0.29, 0.717) is 11.8 Å². The number of alkyl halides is 1. The van der Waals surface area contributed by atoms with Crippen LogP contribution in [0.3, 0.4) is 0 Å². The fraction of sp³-hybridized carbons (Fsp3) is 0.611. The highest BCUT2D eigenvalue weighted by molar-refractivity contribution is 9.10. The minimum atomic E-state index is -0.284. The Morgan fingerprint density at radius 3 is 2.41 bits per heavy atom. The predicted molar refractivity (Wildman–Crippen MR) is 85.0 cm³/mol. The summed E-state index contributed by atoms with van der Waals surface area (Å²) in [5.41, 5.74) is 0.557. The van der Waals surface area contributed by atoms with Crippen LogP contribution >= 0.6 is 15.9 Å². The predicted octanol–water partition coefficient (Wildman–Crippen LogP) is 4.60. The molecule has 4 aliphatic carbocycles. The summed E-state index contributed by atoms with van der Waals surface area (Å²) in [4.78, 5) is 12.8. The highest BCUT2D eigenvalue weighted by Gasteiger charge is 2.60. The van der Waals surface area contributed by atoms with Crippen molar-refractivity contribution in [2.75, 3.05) is 0 Å². The molecule has 1 aromatic carbocycles. The van der Waals surface area contributed by atoms with Crippen molar-refractivity contribution in [3.05, 3.63) is 35.6 Å². The van der Waals surface area contributed by atoms with Crippen LogP contribution in [0.5, 0.6) is 0 Å². The average Bonchev–Trinajstić information content (AvgIpc) is 2.43. The first-order valence-corrected chi connectivity index (χ1v) is 8.86. The molecule has 2 unspecified atom stereocenters. The van der Waals surface area contributed by atoms with Gasteiger partial charge in [-0.2, -0.15) is 0 Å². The topological polar surface area (TPSA) is 26.3 Å². The molecule has 4 atom stereocenters. The van der Waals surface area contributed by atoms with Gasteiger partial charge in [-0.1, -0.05) is 28.1 Å². The van der Waals surface area contributed by atoms with E-state index in [2.05, 4.69) is 15.9 Å². The first-order chi connectivity index (χ1) is 10.5. The van der Waals surface area contributed by atoms with Crippen LogP contribution < -0.4 is 0 Å². The van der Waals surface area contributed by atoms with Crippen molar-refractivity contribution in [3.8, 4) is 0 Å². The number of rotatable bonds is 3. The summed E-state index contributed by atoms with van der Waals surface area (Å²) in [5, 5.41) is 0. The van der Waals surface area contributed by atoms with Gasteiger partial charge in [0.05, 0.1) is 5.41 Å². The van der Waals surface area contributed by atoms with Crippen molar-refractivity contribution < 1.29 is 13.9 Å². The first kappa shape index (κ1) is 14.7. The van der Waals surface area contributed by atoms with E-state index in [1.165, 1.54) is 31.4 Å². The van der Waals surface area contributed by atoms with Gasteiger partial charge >= 0.3 is 5.97 Å². The van der Waals surface area contributed by atoms with Crippen LogP contribution in [0.25, 0.3) is 0 Å². The highest BCUT2D eigenvalue weighted by Crippen LogP contribution is 2.64. The lowest BCUT2D eigenvalue weighted by Crippen LogP contribution is -2.56. The zero-order valence-electron chi connectivity index (χ0n) is 12.5. The smallest absolute Gasteiger partial charge is 0.312 e. The SMILES string of the molecule is O=C(OCc1ccc(F)cc1)C12C[C@@H]3C[C@@H](CC(Br)(C3)C1)C2. The van der Waals surface area contributed by atoms with Crippen LogP contribution in [0.15, 0.2) is 24.3 Å². The summed E-state index contributed by atoms with van der Waals surface area (Å²) in [7, 11) is 0. The lowest BCUT2D eigenvalue weighted by molar-refractivity contribution is -0.170. The van der Waals surface area contributed by atoms with Gasteiger partial charge in [0, 0.05) is 4.32 Å². The molecule has 4 bridgehead atoms. The molecule has 0 spiro atoms. The lowest BCUT2D eigenvalue weighted by Gasteiger charge is -2.58. The second kappa shape index (κ2) is 5.05. The van der Waals surface area contributed by atoms with E-state index >= 15 is 0 Å². The van der Waals surface area contributed by atoms with Crippen molar-refractivity contribution >= 4 is 21.9 Å². The van der Waals surface area contributed by atoms with Crippen LogP contribution in [0.2, 0.25) is 0 Å². The minimum absolute atomic E-state index is 0.0465. The molecule has 0 radical (unpaired) electrons. The fourth-order valence-corrected chi connectivity index (χ4v) is 6.72. The van der Waals surface area contributed by atoms with E-state index in [9.17, 15) is 9.18 Å². The molecule has 0 heterocycles. The van der Waals surface area contributed by atoms with E-state index in [1.807, 2.05) is 0 Å². The van der Waals surface area contributed by atoms with Crippen molar-refractivity contribution in [2.45, 2.75) is 49.5 Å². The molecule has 2 nitrogen and oxygen atoms in total. The molecule has 1 aromatic rings. The summed E-state index contributed by atoms with van der Waals surface area (Å²) >= 11 is 3.92. The number of carbonyl (C=O) groups excluding carboxylic acids is 1. The van der Waals surface area contributed by atoms with Gasteiger partial charge in [-0.05, 0) is 68.1 Å². The largest absolute Gasteiger partial charge is 0.460 e. The molecule has 118 valence electrons. The molecule has 4 fully saturated rings. The van der Waals surface area contributed by atoms with Crippen LogP contribution in [-0.4, -0.2) is 10.3 Å². The Kier molecular flexibility index (Phi) is 3.37. The lowest BCUT2D eigenvalue weighted by atomic mass is 9.49. The molecule has 0 amide bonds. The Bertz CT molecular complexity index is 584. The van der Waals surface area contributed by atoms with Crippen LogP contribution in [-0.2, 0) is 16.1 Å². The molecule has 5 rings (SSSR count). The van der Waals surface area contributed by atoms with E-state index < -0.39 is 0 Å². The van der Waals surface area contributed by atoms with Crippen LogP contribution in [0.4, 0.5) is 4.39 Å². The number of benzene rings is 1. The van der Waals surface area contributed by atoms with E-state index in [1.54, 1.807) is 12.1 Å². The number of esters is 1. The van der Waals surface area contributed by atoms with Gasteiger partial charge < -0.3 is 4.74 Å². The monoisotopic (exact) mass is 366 g/mol. The average molecular weight is 367 g/mol. The van der Waals surface area contributed by atoms with Crippen molar-refractivity contribution in [1.29, 1.82) is 0 Å². The normalized spacial score (nSPS) is 39.0. The number of carbonyl (C=O) groups is 1. The Labute approximate surface area is 138 Å². The third-order valence-electron chi connectivity index (χ3n) is 5.71. The zero-order chi connectivity index (χ0) is 15.4. The Morgan fingerprint density at radius 1 is 1.18 bits per heavy atom. The number of ether oxygens (including phenoxy) is 1. The molecule has 0 aliphatic heterocycles. The third-order valence-corrected chi connectivity index (χ3v) is 6.63. The Hall–Kier alpha value is -0.900. The Morgan fingerprint density at radius 2 is 1.82 bits per heavy atom. The summed E-state index contributed by atoms with van der Waals surface area (Å²) in [6, 6.07) is 6.16. The molecule has 4 heteroatoms. The summed E-state index contributed by atoms with van der Waals surface area (Å²) in [6.45, 7) is 0.242. The number of halogens is 2. The van der Waals surface area contributed by atoms with Gasteiger partial charge in [0.1, 0.15) is 12.4 Å². The molecule has 4 saturated carbocycles. The second-order valence-electron chi connectivity index (χ2n) is 7.59. The maximum atomic E-state index is 12.9. The Balaban J connectivity index is 1.47. The standard InChI is InChI=1S/C18H20BrFO2/c19-18-8-13-5-14(9-18)7-17(6-13,11-18)16(21)22-10-12-1-3-15(20)4-2-12/h1-4,13-14H,5-11H2/t13-,14+,17?,18?. The number of hydrogen-bond acceptors (Lipinski definition) is 2. The van der Waals surface area contributed by atoms with Gasteiger partial charge in [0.2, 0.25) is 0 Å². The van der Waals surface area contributed by atoms with Crippen molar-refractivity contribution in [3.63, 3.8) is 0 Å². The molecule has 22 heavy (non-hydrogen) atoms. The van der Waals surface area contributed by atoms with E-state index in [4.69, 9.17) is 4.74 Å². The molecule has 4 aliphatic rings. The van der Waals surface area contributed by atoms with Crippen molar-refractivity contribution in [2.24, 2.45) is 17.3 Å². The van der Waals surface area contributed by atoms with Gasteiger partial charge in [0.15, 0.2) is 0 Å². The van der Waals surface area contributed by atoms with Gasteiger partial charge in [-0.25, -0.2) is 4.39 Å². The molecule has 0 saturated heterocycles. The fourth-order valence-electron chi connectivity index (χ4n) is 5.27. The quantitative estimate of drug-likeness (QED) is 0.576. The maximum absolute atomic E-state index is 12.9. The molecular formula is C18H20BrFO2. The summed E-state index contributed by atoms with van der Waals surface area (Å²) in [5.74, 6) is 1.02. The van der Waals surface area contributed by atoms with Crippen LogP contribution in [0.1, 0.15) is 44.1 Å². The van der Waals surface area contributed by atoms with E-state index in [-0.39, 0.29) is 28.1 Å². The van der Waals surface area contributed by atoms with E-state index in [0.717, 1.165) is 24.8 Å². The summed E-state index contributed by atoms with van der Waals surface area (Å²) < 4.78 is 18.7. The van der Waals surface area contributed by atoms with Gasteiger partial charge in [-0.15, -0.1) is 0 Å². The zero-order valence-corrected chi connectivity index (χ0v) is 14.1. The third kappa shape index (κ3) is 2.49. The molecular weight excluding hydrogens is 347 g/mol. The number of hydrogen-bond donors (Lipinski definition) is 0. The highest BCUT2D eigenvalue weighted by atomic mass is 79.9. The molecule has 0 aromatic heterocycles. The maximum Gasteiger partial charge on any atom is 0.312 e. The first-order valence-electron chi connectivity index (χ1n) is 8.07. The summed E-state index contributed by atoms with van der Waals surface area (Å²) in [6.07, 6.45) is 6.57. The van der Waals surface area contributed by atoms with Crippen LogP contribution in [0, 0.1) is 23.1 Å². The van der Waals surface area contributed by atoms with Gasteiger partial charge in [-0.3, -0.25) is 4.79 Å². The minimum Gasteiger partial charge on any atom is -0.460 e. The second-order valence-corrected chi connectivity index (χ2v) is 9.28. The van der Waals surface area contributed by atoms with Crippen molar-refractivity contribution in [1.82, 2.24) is 0 Å². The molecule has 0 N–H and O–H groups in total.